The van der Waals surface area contributed by atoms with Gasteiger partial charge in [0.05, 0.1) is 0 Å². The summed E-state index contributed by atoms with van der Waals surface area (Å²) in [5.74, 6) is 0. The molecule has 14 heavy (non-hydrogen) atoms. The van der Waals surface area contributed by atoms with E-state index in [0.29, 0.717) is 6.54 Å². The van der Waals surface area contributed by atoms with E-state index in [-0.39, 0.29) is 0 Å². The third-order valence-corrected chi connectivity index (χ3v) is 3.18. The Morgan fingerprint density at radius 1 is 1.43 bits per heavy atom. The maximum Gasteiger partial charge on any atom is 0.0369 e. The molecule has 1 aromatic carbocycles. The van der Waals surface area contributed by atoms with Gasteiger partial charge in [0.2, 0.25) is 0 Å². The molecule has 0 saturated heterocycles. The number of hydrogen-bond donors (Lipinski definition) is 1. The Balaban J connectivity index is 2.13. The summed E-state index contributed by atoms with van der Waals surface area (Å²) in [4.78, 5) is 2.38. The average Bonchev–Trinajstić information content (AvgIpc) is 2.15. The van der Waals surface area contributed by atoms with Gasteiger partial charge in [-0.15, -0.1) is 0 Å². The number of benzene rings is 1. The summed E-state index contributed by atoms with van der Waals surface area (Å²) >= 11 is 0. The van der Waals surface area contributed by atoms with Crippen LogP contribution >= 0.6 is 0 Å². The van der Waals surface area contributed by atoms with Crippen molar-refractivity contribution in [2.45, 2.75) is 31.8 Å². The first-order chi connectivity index (χ1) is 6.81. The first-order valence-corrected chi connectivity index (χ1v) is 5.33. The van der Waals surface area contributed by atoms with E-state index in [1.807, 2.05) is 0 Å². The van der Waals surface area contributed by atoms with Crippen LogP contribution in [0.5, 0.6) is 0 Å². The van der Waals surface area contributed by atoms with Crippen LogP contribution in [0.1, 0.15) is 24.8 Å². The molecular weight excluding hydrogens is 172 g/mol. The fourth-order valence-corrected chi connectivity index (χ4v) is 1.89. The van der Waals surface area contributed by atoms with Crippen molar-refractivity contribution in [1.82, 2.24) is 0 Å². The van der Waals surface area contributed by atoms with Gasteiger partial charge in [0.15, 0.2) is 0 Å². The van der Waals surface area contributed by atoms with Crippen LogP contribution in [0.2, 0.25) is 0 Å². The second kappa shape index (κ2) is 4.01. The first-order valence-electron chi connectivity index (χ1n) is 5.33. The Hall–Kier alpha value is -1.02. The van der Waals surface area contributed by atoms with E-state index in [1.54, 1.807) is 0 Å². The minimum Gasteiger partial charge on any atom is -0.372 e. The maximum absolute atomic E-state index is 5.62. The van der Waals surface area contributed by atoms with E-state index >= 15 is 0 Å². The highest BCUT2D eigenvalue weighted by atomic mass is 15.1. The summed E-state index contributed by atoms with van der Waals surface area (Å²) in [6.45, 7) is 0.631. The second-order valence-corrected chi connectivity index (χ2v) is 4.07. The fourth-order valence-electron chi connectivity index (χ4n) is 1.89. The SMILES string of the molecule is CN(c1cccc(CN)c1)C1CCC1. The van der Waals surface area contributed by atoms with Gasteiger partial charge in [-0.1, -0.05) is 12.1 Å². The molecule has 2 nitrogen and oxygen atoms in total. The van der Waals surface area contributed by atoms with Crippen molar-refractivity contribution in [2.24, 2.45) is 5.73 Å². The van der Waals surface area contributed by atoms with Gasteiger partial charge in [0, 0.05) is 25.3 Å². The lowest BCUT2D eigenvalue weighted by Crippen LogP contribution is -2.37. The van der Waals surface area contributed by atoms with E-state index in [9.17, 15) is 0 Å². The number of hydrogen-bond acceptors (Lipinski definition) is 2. The zero-order valence-corrected chi connectivity index (χ0v) is 8.74. The quantitative estimate of drug-likeness (QED) is 0.791. The van der Waals surface area contributed by atoms with Gasteiger partial charge in [0.1, 0.15) is 0 Å². The Labute approximate surface area is 85.7 Å². The zero-order valence-electron chi connectivity index (χ0n) is 8.74. The molecule has 0 unspecified atom stereocenters. The van der Waals surface area contributed by atoms with Gasteiger partial charge in [-0.2, -0.15) is 0 Å². The Morgan fingerprint density at radius 2 is 2.21 bits per heavy atom. The second-order valence-electron chi connectivity index (χ2n) is 4.07. The van der Waals surface area contributed by atoms with Crippen molar-refractivity contribution < 1.29 is 0 Å². The molecule has 0 heterocycles. The minimum absolute atomic E-state index is 0.631. The van der Waals surface area contributed by atoms with Gasteiger partial charge in [-0.05, 0) is 37.0 Å². The highest BCUT2D eigenvalue weighted by Gasteiger charge is 2.21. The van der Waals surface area contributed by atoms with Gasteiger partial charge in [-0.3, -0.25) is 0 Å². The van der Waals surface area contributed by atoms with Crippen molar-refractivity contribution in [3.05, 3.63) is 29.8 Å². The molecule has 2 rings (SSSR count). The molecule has 0 bridgehead atoms. The van der Waals surface area contributed by atoms with E-state index < -0.39 is 0 Å². The summed E-state index contributed by atoms with van der Waals surface area (Å²) in [5.41, 5.74) is 8.14. The number of nitrogens with zero attached hydrogens (tertiary/aromatic N) is 1. The number of rotatable bonds is 3. The summed E-state index contributed by atoms with van der Waals surface area (Å²) < 4.78 is 0. The van der Waals surface area contributed by atoms with E-state index in [4.69, 9.17) is 5.73 Å². The van der Waals surface area contributed by atoms with Gasteiger partial charge in [-0.25, -0.2) is 0 Å². The largest absolute Gasteiger partial charge is 0.372 e. The fraction of sp³-hybridized carbons (Fsp3) is 0.500. The summed E-state index contributed by atoms with van der Waals surface area (Å²) in [5, 5.41) is 0. The van der Waals surface area contributed by atoms with Crippen molar-refractivity contribution >= 4 is 5.69 Å². The van der Waals surface area contributed by atoms with Crippen LogP contribution < -0.4 is 10.6 Å². The van der Waals surface area contributed by atoms with Crippen molar-refractivity contribution in [2.75, 3.05) is 11.9 Å². The third-order valence-electron chi connectivity index (χ3n) is 3.18. The lowest BCUT2D eigenvalue weighted by atomic mass is 9.91. The molecule has 2 N–H and O–H groups in total. The molecule has 1 aromatic rings. The Kier molecular flexibility index (Phi) is 2.73. The molecule has 76 valence electrons. The molecule has 0 aliphatic heterocycles. The molecule has 1 aliphatic rings. The normalized spacial score (nSPS) is 16.4. The Morgan fingerprint density at radius 3 is 2.79 bits per heavy atom. The van der Waals surface area contributed by atoms with Crippen LogP contribution in [0.25, 0.3) is 0 Å². The molecule has 1 saturated carbocycles. The van der Waals surface area contributed by atoms with Gasteiger partial charge < -0.3 is 10.6 Å². The summed E-state index contributed by atoms with van der Waals surface area (Å²) in [6.07, 6.45) is 4.05. The highest BCUT2D eigenvalue weighted by Crippen LogP contribution is 2.28. The first kappa shape index (κ1) is 9.53. The van der Waals surface area contributed by atoms with E-state index in [2.05, 4.69) is 36.2 Å². The topological polar surface area (TPSA) is 29.3 Å². The predicted octanol–water partition coefficient (Wildman–Crippen LogP) is 2.13. The third kappa shape index (κ3) is 1.75. The number of anilines is 1. The molecule has 0 radical (unpaired) electrons. The molecule has 0 spiro atoms. The Bertz CT molecular complexity index is 305. The standard InChI is InChI=1S/C12H18N2/c1-14(11-5-3-6-11)12-7-2-4-10(8-12)9-13/h2,4,7-8,11H,3,5-6,9,13H2,1H3. The lowest BCUT2D eigenvalue weighted by molar-refractivity contribution is 0.401. The van der Waals surface area contributed by atoms with Crippen molar-refractivity contribution in [1.29, 1.82) is 0 Å². The molecule has 0 amide bonds. The minimum atomic E-state index is 0.631. The molecule has 0 atom stereocenters. The van der Waals surface area contributed by atoms with Crippen molar-refractivity contribution in [3.63, 3.8) is 0 Å². The molecule has 0 aromatic heterocycles. The van der Waals surface area contributed by atoms with Crippen LogP contribution in [0.4, 0.5) is 5.69 Å². The molecule has 1 aliphatic carbocycles. The maximum atomic E-state index is 5.62. The number of nitrogens with two attached hydrogens (primary N) is 1. The van der Waals surface area contributed by atoms with Crippen LogP contribution in [-0.2, 0) is 6.54 Å². The van der Waals surface area contributed by atoms with Crippen LogP contribution in [-0.4, -0.2) is 13.1 Å². The van der Waals surface area contributed by atoms with Crippen molar-refractivity contribution in [3.8, 4) is 0 Å². The monoisotopic (exact) mass is 190 g/mol. The zero-order chi connectivity index (χ0) is 9.97. The lowest BCUT2D eigenvalue weighted by Gasteiger charge is -2.36. The van der Waals surface area contributed by atoms with E-state index in [1.165, 1.54) is 30.5 Å². The summed E-state index contributed by atoms with van der Waals surface area (Å²) in [6, 6.07) is 9.28. The molecule has 1 fully saturated rings. The predicted molar refractivity (Wildman–Crippen MR) is 60.4 cm³/mol. The average molecular weight is 190 g/mol. The van der Waals surface area contributed by atoms with E-state index in [0.717, 1.165) is 6.04 Å². The van der Waals surface area contributed by atoms with Crippen LogP contribution in [0.3, 0.4) is 0 Å². The molecule has 2 heteroatoms. The van der Waals surface area contributed by atoms with Crippen LogP contribution in [0, 0.1) is 0 Å². The van der Waals surface area contributed by atoms with Gasteiger partial charge >= 0.3 is 0 Å². The van der Waals surface area contributed by atoms with Gasteiger partial charge in [0.25, 0.3) is 0 Å². The van der Waals surface area contributed by atoms with Crippen LogP contribution in [0.15, 0.2) is 24.3 Å². The highest BCUT2D eigenvalue weighted by molar-refractivity contribution is 5.49. The smallest absolute Gasteiger partial charge is 0.0369 e. The molecular formula is C12H18N2. The summed E-state index contributed by atoms with van der Waals surface area (Å²) in [7, 11) is 2.18.